The van der Waals surface area contributed by atoms with Crippen LogP contribution in [0.1, 0.15) is 69.8 Å². The van der Waals surface area contributed by atoms with Crippen LogP contribution in [0.15, 0.2) is 60.0 Å². The average Bonchev–Trinajstić information content (AvgIpc) is 3.41. The van der Waals surface area contributed by atoms with Crippen molar-refractivity contribution < 1.29 is 14.6 Å². The molecule has 37 heavy (non-hydrogen) atoms. The standard InChI is InChI=1S/C32H38N2O3/c1-29-10-8-25-15-24-4-5-26(34-18-30(35)19-36-20-30)16-31(24)11-12-32(25,37-31)28(29)7-6-27(29)22-3-2-21-9-13-33-17-23(21)14-22/h2-3,8-9,13-15,17,26-28,34-35H,4-7,10-12,16,18-20H2,1H3. The summed E-state index contributed by atoms with van der Waals surface area (Å²) in [6, 6.07) is 9.54. The maximum Gasteiger partial charge on any atom is 0.123 e. The van der Waals surface area contributed by atoms with Crippen molar-refractivity contribution in [3.63, 3.8) is 0 Å². The van der Waals surface area contributed by atoms with E-state index in [-0.39, 0.29) is 16.6 Å². The summed E-state index contributed by atoms with van der Waals surface area (Å²) >= 11 is 0. The number of hydrogen-bond acceptors (Lipinski definition) is 5. The molecule has 0 amide bonds. The lowest BCUT2D eigenvalue weighted by Crippen LogP contribution is -2.59. The number of ether oxygens (including phenoxy) is 2. The summed E-state index contributed by atoms with van der Waals surface area (Å²) in [5, 5.41) is 16.7. The van der Waals surface area contributed by atoms with Crippen LogP contribution in [-0.2, 0) is 9.47 Å². The van der Waals surface area contributed by atoms with Gasteiger partial charge >= 0.3 is 0 Å². The van der Waals surface area contributed by atoms with E-state index in [1.807, 2.05) is 12.4 Å². The van der Waals surface area contributed by atoms with Crippen molar-refractivity contribution in [1.29, 1.82) is 0 Å². The number of aromatic nitrogens is 1. The molecule has 0 radical (unpaired) electrons. The molecule has 3 aliphatic heterocycles. The maximum atomic E-state index is 10.5. The number of aliphatic hydroxyl groups is 1. The van der Waals surface area contributed by atoms with Crippen molar-refractivity contribution in [2.24, 2.45) is 11.3 Å². The summed E-state index contributed by atoms with van der Waals surface area (Å²) in [5.74, 6) is 1.10. The molecule has 5 nitrogen and oxygen atoms in total. The minimum atomic E-state index is -0.684. The van der Waals surface area contributed by atoms with Gasteiger partial charge in [0.15, 0.2) is 0 Å². The molecule has 3 aliphatic carbocycles. The van der Waals surface area contributed by atoms with Crippen molar-refractivity contribution in [3.05, 3.63) is 65.5 Å². The third kappa shape index (κ3) is 3.21. The van der Waals surface area contributed by atoms with Gasteiger partial charge in [-0.05, 0) is 103 Å². The molecule has 2 spiro atoms. The Morgan fingerprint density at radius 2 is 2.03 bits per heavy atom. The smallest absolute Gasteiger partial charge is 0.123 e. The van der Waals surface area contributed by atoms with Crippen molar-refractivity contribution in [1.82, 2.24) is 10.3 Å². The summed E-state index contributed by atoms with van der Waals surface area (Å²) < 4.78 is 12.7. The molecule has 194 valence electrons. The number of allylic oxidation sites excluding steroid dienone is 1. The summed E-state index contributed by atoms with van der Waals surface area (Å²) in [6.07, 6.45) is 18.1. The highest BCUT2D eigenvalue weighted by Crippen LogP contribution is 2.69. The van der Waals surface area contributed by atoms with Crippen LogP contribution in [0.5, 0.6) is 0 Å². The first-order chi connectivity index (χ1) is 17.9. The molecule has 8 rings (SSSR count). The summed E-state index contributed by atoms with van der Waals surface area (Å²) in [5.41, 5.74) is 3.73. The molecule has 2 bridgehead atoms. The highest BCUT2D eigenvalue weighted by Gasteiger charge is 2.66. The zero-order valence-corrected chi connectivity index (χ0v) is 21.8. The van der Waals surface area contributed by atoms with E-state index in [1.165, 1.54) is 40.3 Å². The Morgan fingerprint density at radius 1 is 1.11 bits per heavy atom. The van der Waals surface area contributed by atoms with Crippen molar-refractivity contribution in [2.75, 3.05) is 19.8 Å². The second-order valence-corrected chi connectivity index (χ2v) is 13.2. The van der Waals surface area contributed by atoms with Gasteiger partial charge in [0.05, 0.1) is 24.4 Å². The number of hydrogen-bond donors (Lipinski definition) is 2. The van der Waals surface area contributed by atoms with Gasteiger partial charge in [0.2, 0.25) is 0 Å². The van der Waals surface area contributed by atoms with Gasteiger partial charge < -0.3 is 19.9 Å². The van der Waals surface area contributed by atoms with Crippen molar-refractivity contribution >= 4 is 10.8 Å². The van der Waals surface area contributed by atoms with Gasteiger partial charge in [0.1, 0.15) is 5.60 Å². The highest BCUT2D eigenvalue weighted by molar-refractivity contribution is 5.82. The number of rotatable bonds is 4. The van der Waals surface area contributed by atoms with Gasteiger partial charge in [0, 0.05) is 30.4 Å². The van der Waals surface area contributed by atoms with Gasteiger partial charge in [0.25, 0.3) is 0 Å². The van der Waals surface area contributed by atoms with E-state index >= 15 is 0 Å². The monoisotopic (exact) mass is 498 g/mol. The first kappa shape index (κ1) is 22.9. The van der Waals surface area contributed by atoms with Gasteiger partial charge in [-0.2, -0.15) is 0 Å². The fraction of sp³-hybridized carbons (Fsp3) is 0.594. The predicted octanol–water partition coefficient (Wildman–Crippen LogP) is 5.20. The van der Waals surface area contributed by atoms with Gasteiger partial charge in [-0.15, -0.1) is 0 Å². The number of nitrogens with zero attached hydrogens (tertiary/aromatic N) is 1. The summed E-state index contributed by atoms with van der Waals surface area (Å²) in [4.78, 5) is 4.38. The van der Waals surface area contributed by atoms with Gasteiger partial charge in [-0.3, -0.25) is 4.98 Å². The number of nitrogens with one attached hydrogen (secondary N) is 1. The van der Waals surface area contributed by atoms with Crippen LogP contribution >= 0.6 is 0 Å². The zero-order chi connectivity index (χ0) is 24.9. The van der Waals surface area contributed by atoms with E-state index in [0.29, 0.717) is 37.6 Å². The minimum Gasteiger partial charge on any atom is -0.384 e. The van der Waals surface area contributed by atoms with Gasteiger partial charge in [-0.1, -0.05) is 31.2 Å². The Morgan fingerprint density at radius 3 is 2.89 bits per heavy atom. The van der Waals surface area contributed by atoms with Crippen LogP contribution in [0, 0.1) is 11.3 Å². The van der Waals surface area contributed by atoms with Crippen molar-refractivity contribution in [2.45, 2.75) is 87.1 Å². The van der Waals surface area contributed by atoms with E-state index in [2.05, 4.69) is 53.6 Å². The van der Waals surface area contributed by atoms with Crippen LogP contribution in [0.3, 0.4) is 0 Å². The molecule has 5 heteroatoms. The molecule has 2 aromatic rings. The summed E-state index contributed by atoms with van der Waals surface area (Å²) in [7, 11) is 0. The first-order valence-corrected chi connectivity index (χ1v) is 14.4. The Bertz CT molecular complexity index is 1330. The van der Waals surface area contributed by atoms with E-state index in [1.54, 1.807) is 0 Å². The lowest BCUT2D eigenvalue weighted by molar-refractivity contribution is -0.177. The van der Waals surface area contributed by atoms with Crippen LogP contribution in [0.4, 0.5) is 0 Å². The molecular weight excluding hydrogens is 460 g/mol. The zero-order valence-electron chi connectivity index (χ0n) is 21.8. The largest absolute Gasteiger partial charge is 0.384 e. The molecule has 6 atom stereocenters. The SMILES string of the molecule is CC12CC=C3C=C4CCC(NCC5(O)COC5)CC45CCC3(O5)C1CCC2c1ccc2ccncc2c1. The second kappa shape index (κ2) is 7.75. The van der Waals surface area contributed by atoms with E-state index < -0.39 is 5.60 Å². The Hall–Kier alpha value is -2.05. The van der Waals surface area contributed by atoms with Crippen LogP contribution in [0.25, 0.3) is 10.8 Å². The van der Waals surface area contributed by atoms with Crippen molar-refractivity contribution in [3.8, 4) is 0 Å². The highest BCUT2D eigenvalue weighted by atomic mass is 16.5. The van der Waals surface area contributed by atoms with Gasteiger partial charge in [-0.25, -0.2) is 0 Å². The number of benzene rings is 1. The molecule has 6 aliphatic rings. The fourth-order valence-corrected chi connectivity index (χ4v) is 9.22. The molecule has 2 saturated carbocycles. The average molecular weight is 499 g/mol. The molecule has 4 heterocycles. The molecule has 2 N–H and O–H groups in total. The Kier molecular flexibility index (Phi) is 4.80. The van der Waals surface area contributed by atoms with E-state index in [9.17, 15) is 5.11 Å². The minimum absolute atomic E-state index is 0.128. The lowest BCUT2D eigenvalue weighted by atomic mass is 9.58. The molecule has 1 aromatic carbocycles. The maximum absolute atomic E-state index is 10.5. The second-order valence-electron chi connectivity index (χ2n) is 13.2. The fourth-order valence-electron chi connectivity index (χ4n) is 9.22. The molecule has 4 fully saturated rings. The number of pyridine rings is 1. The molecule has 2 saturated heterocycles. The quantitative estimate of drug-likeness (QED) is 0.607. The normalized spacial score (nSPS) is 41.3. The molecule has 1 aromatic heterocycles. The Balaban J connectivity index is 1.09. The number of fused-ring (bicyclic) bond motifs is 2. The lowest BCUT2D eigenvalue weighted by Gasteiger charge is -2.54. The third-order valence-corrected chi connectivity index (χ3v) is 11.2. The van der Waals surface area contributed by atoms with E-state index in [4.69, 9.17) is 9.47 Å². The summed E-state index contributed by atoms with van der Waals surface area (Å²) in [6.45, 7) is 4.07. The third-order valence-electron chi connectivity index (χ3n) is 11.2. The Labute approximate surface area is 219 Å². The molecule has 6 unspecified atom stereocenters. The van der Waals surface area contributed by atoms with Crippen LogP contribution < -0.4 is 5.32 Å². The predicted molar refractivity (Wildman–Crippen MR) is 143 cm³/mol. The topological polar surface area (TPSA) is 63.6 Å². The molecular formula is C32H38N2O3. The van der Waals surface area contributed by atoms with E-state index in [0.717, 1.165) is 38.5 Å². The van der Waals surface area contributed by atoms with Crippen LogP contribution in [-0.4, -0.2) is 52.7 Å². The first-order valence-electron chi connectivity index (χ1n) is 14.4. The van der Waals surface area contributed by atoms with Crippen LogP contribution in [0.2, 0.25) is 0 Å².